The molecule has 0 unspecified atom stereocenters. The topological polar surface area (TPSA) is 125 Å². The molecule has 0 bridgehead atoms. The third kappa shape index (κ3) is 4.16. The van der Waals surface area contributed by atoms with E-state index in [0.29, 0.717) is 21.5 Å². The molecule has 2 N–H and O–H groups in total. The number of sulfonamides is 1. The fraction of sp³-hybridized carbons (Fsp3) is 0.308. The summed E-state index contributed by atoms with van der Waals surface area (Å²) >= 11 is 1.19. The highest BCUT2D eigenvalue weighted by molar-refractivity contribution is 7.89. The van der Waals surface area contributed by atoms with Crippen molar-refractivity contribution in [2.45, 2.75) is 25.4 Å². The Morgan fingerprint density at radius 3 is 2.87 bits per heavy atom. The summed E-state index contributed by atoms with van der Waals surface area (Å²) in [4.78, 5) is 15.9. The number of hydrogen-bond acceptors (Lipinski definition) is 7. The van der Waals surface area contributed by atoms with E-state index >= 15 is 0 Å². The van der Waals surface area contributed by atoms with Crippen molar-refractivity contribution in [3.8, 4) is 16.7 Å². The van der Waals surface area contributed by atoms with Gasteiger partial charge in [-0.05, 0) is 19.1 Å². The van der Waals surface area contributed by atoms with Crippen LogP contribution < -0.4 is 10.0 Å². The van der Waals surface area contributed by atoms with E-state index in [-0.39, 0.29) is 24.0 Å². The van der Waals surface area contributed by atoms with Gasteiger partial charge in [-0.2, -0.15) is 5.26 Å². The molecular formula is C13H14N4O4S2. The van der Waals surface area contributed by atoms with E-state index in [9.17, 15) is 13.2 Å². The first-order valence-electron chi connectivity index (χ1n) is 6.55. The number of amides is 1. The molecule has 10 heteroatoms. The van der Waals surface area contributed by atoms with E-state index < -0.39 is 10.0 Å². The van der Waals surface area contributed by atoms with Crippen molar-refractivity contribution in [1.82, 2.24) is 9.71 Å². The van der Waals surface area contributed by atoms with Crippen LogP contribution in [0.3, 0.4) is 0 Å². The predicted molar refractivity (Wildman–Crippen MR) is 84.3 cm³/mol. The number of nitrogens with zero attached hydrogens (tertiary/aromatic N) is 2. The SMILES string of the molecule is CC(=O)Nc1nc(C)c(-c2ccc(S(=O)(=O)NCCC#N)o2)s1. The van der Waals surface area contributed by atoms with Crippen LogP contribution in [0.1, 0.15) is 19.0 Å². The fourth-order valence-corrected chi connectivity index (χ4v) is 3.66. The molecule has 122 valence electrons. The lowest BCUT2D eigenvalue weighted by Crippen LogP contribution is -2.24. The van der Waals surface area contributed by atoms with Crippen LogP contribution in [0.2, 0.25) is 0 Å². The highest BCUT2D eigenvalue weighted by Gasteiger charge is 2.21. The number of thiazole rings is 1. The number of carbonyl (C=O) groups excluding carboxylic acids is 1. The van der Waals surface area contributed by atoms with Gasteiger partial charge in [0.25, 0.3) is 10.0 Å². The Kier molecular flexibility index (Phi) is 5.15. The Hall–Kier alpha value is -2.22. The summed E-state index contributed by atoms with van der Waals surface area (Å²) < 4.78 is 31.7. The van der Waals surface area contributed by atoms with Gasteiger partial charge in [0.15, 0.2) is 5.13 Å². The minimum Gasteiger partial charge on any atom is -0.442 e. The highest BCUT2D eigenvalue weighted by atomic mass is 32.2. The van der Waals surface area contributed by atoms with Crippen LogP contribution in [-0.4, -0.2) is 25.9 Å². The summed E-state index contributed by atoms with van der Waals surface area (Å²) in [6.07, 6.45) is 0.0703. The fourth-order valence-electron chi connectivity index (χ4n) is 1.73. The zero-order valence-electron chi connectivity index (χ0n) is 12.4. The molecule has 2 heterocycles. The lowest BCUT2D eigenvalue weighted by Gasteiger charge is -2.00. The molecule has 0 saturated heterocycles. The van der Waals surface area contributed by atoms with E-state index in [4.69, 9.17) is 9.68 Å². The second-order valence-corrected chi connectivity index (χ2v) is 7.24. The van der Waals surface area contributed by atoms with Gasteiger partial charge < -0.3 is 9.73 Å². The maximum absolute atomic E-state index is 12.0. The molecule has 23 heavy (non-hydrogen) atoms. The first-order valence-corrected chi connectivity index (χ1v) is 8.85. The van der Waals surface area contributed by atoms with Crippen LogP contribution in [-0.2, 0) is 14.8 Å². The van der Waals surface area contributed by atoms with Crippen LogP contribution in [0, 0.1) is 18.3 Å². The Morgan fingerprint density at radius 1 is 1.48 bits per heavy atom. The molecule has 1 amide bonds. The van der Waals surface area contributed by atoms with Crippen molar-refractivity contribution in [3.05, 3.63) is 17.8 Å². The molecule has 0 fully saturated rings. The van der Waals surface area contributed by atoms with E-state index in [1.54, 1.807) is 6.92 Å². The molecule has 2 aromatic rings. The molecule has 0 aliphatic rings. The van der Waals surface area contributed by atoms with Crippen molar-refractivity contribution in [2.24, 2.45) is 0 Å². The van der Waals surface area contributed by atoms with Gasteiger partial charge in [0.05, 0.1) is 16.6 Å². The van der Waals surface area contributed by atoms with Gasteiger partial charge in [0, 0.05) is 19.9 Å². The summed E-state index contributed by atoms with van der Waals surface area (Å²) in [7, 11) is -3.80. The molecule has 0 aromatic carbocycles. The Labute approximate surface area is 137 Å². The van der Waals surface area contributed by atoms with Crippen LogP contribution >= 0.6 is 11.3 Å². The van der Waals surface area contributed by atoms with Crippen molar-refractivity contribution in [2.75, 3.05) is 11.9 Å². The molecule has 0 atom stereocenters. The Morgan fingerprint density at radius 2 is 2.22 bits per heavy atom. The van der Waals surface area contributed by atoms with Gasteiger partial charge in [0.1, 0.15) is 5.76 Å². The number of carbonyl (C=O) groups is 1. The predicted octanol–water partition coefficient (Wildman–Crippen LogP) is 1.86. The minimum atomic E-state index is -3.80. The number of nitriles is 1. The normalized spacial score (nSPS) is 11.2. The van der Waals surface area contributed by atoms with Gasteiger partial charge in [-0.25, -0.2) is 18.1 Å². The van der Waals surface area contributed by atoms with Crippen LogP contribution in [0.4, 0.5) is 5.13 Å². The van der Waals surface area contributed by atoms with Crippen molar-refractivity contribution in [3.63, 3.8) is 0 Å². The Balaban J connectivity index is 2.24. The molecule has 0 aliphatic carbocycles. The molecule has 2 rings (SSSR count). The number of rotatable bonds is 6. The summed E-state index contributed by atoms with van der Waals surface area (Å²) in [5.74, 6) is 0.104. The number of aryl methyl sites for hydroxylation is 1. The largest absolute Gasteiger partial charge is 0.442 e. The van der Waals surface area contributed by atoms with Crippen molar-refractivity contribution in [1.29, 1.82) is 5.26 Å². The van der Waals surface area contributed by atoms with Gasteiger partial charge >= 0.3 is 0 Å². The molecular weight excluding hydrogens is 340 g/mol. The molecule has 0 aliphatic heterocycles. The number of anilines is 1. The Bertz CT molecular complexity index is 861. The average Bonchev–Trinajstić information content (AvgIpc) is 3.05. The number of hydrogen-bond donors (Lipinski definition) is 2. The zero-order valence-corrected chi connectivity index (χ0v) is 14.0. The van der Waals surface area contributed by atoms with E-state index in [1.807, 2.05) is 6.07 Å². The lowest BCUT2D eigenvalue weighted by atomic mass is 10.3. The third-order valence-electron chi connectivity index (χ3n) is 2.68. The van der Waals surface area contributed by atoms with E-state index in [1.165, 1.54) is 30.4 Å². The number of aromatic nitrogens is 1. The summed E-state index contributed by atoms with van der Waals surface area (Å²) in [5, 5.41) is 11.2. The van der Waals surface area contributed by atoms with Crippen molar-refractivity contribution >= 4 is 32.4 Å². The lowest BCUT2D eigenvalue weighted by molar-refractivity contribution is -0.114. The second-order valence-electron chi connectivity index (χ2n) is 4.54. The maximum Gasteiger partial charge on any atom is 0.274 e. The summed E-state index contributed by atoms with van der Waals surface area (Å²) in [5.41, 5.74) is 0.620. The van der Waals surface area contributed by atoms with Crippen molar-refractivity contribution < 1.29 is 17.6 Å². The highest BCUT2D eigenvalue weighted by Crippen LogP contribution is 2.34. The monoisotopic (exact) mass is 354 g/mol. The smallest absolute Gasteiger partial charge is 0.274 e. The minimum absolute atomic E-state index is 0.0150. The molecule has 0 spiro atoms. The summed E-state index contributed by atoms with van der Waals surface area (Å²) in [6, 6.07) is 4.71. The van der Waals surface area contributed by atoms with E-state index in [2.05, 4.69) is 15.0 Å². The standard InChI is InChI=1S/C13H14N4O4S2/c1-8-12(22-13(16-8)17-9(2)18)10-4-5-11(21-10)23(19,20)15-7-3-6-14/h4-5,15H,3,7H2,1-2H3,(H,16,17,18). The first kappa shape index (κ1) is 17.1. The number of furan rings is 1. The van der Waals surface area contributed by atoms with Gasteiger partial charge in [-0.1, -0.05) is 11.3 Å². The second kappa shape index (κ2) is 6.91. The molecule has 2 aromatic heterocycles. The average molecular weight is 354 g/mol. The van der Waals surface area contributed by atoms with Gasteiger partial charge in [0.2, 0.25) is 11.0 Å². The molecule has 0 saturated carbocycles. The van der Waals surface area contributed by atoms with Crippen LogP contribution in [0.25, 0.3) is 10.6 Å². The maximum atomic E-state index is 12.0. The van der Waals surface area contributed by atoms with Gasteiger partial charge in [-0.3, -0.25) is 4.79 Å². The number of nitrogens with one attached hydrogen (secondary N) is 2. The first-order chi connectivity index (χ1) is 10.8. The zero-order chi connectivity index (χ0) is 17.0. The van der Waals surface area contributed by atoms with Crippen LogP contribution in [0.15, 0.2) is 21.6 Å². The molecule has 0 radical (unpaired) electrons. The summed E-state index contributed by atoms with van der Waals surface area (Å²) in [6.45, 7) is 3.13. The van der Waals surface area contributed by atoms with Crippen LogP contribution in [0.5, 0.6) is 0 Å². The molecule has 8 nitrogen and oxygen atoms in total. The van der Waals surface area contributed by atoms with Gasteiger partial charge in [-0.15, -0.1) is 0 Å². The third-order valence-corrected chi connectivity index (χ3v) is 5.10. The van der Waals surface area contributed by atoms with E-state index in [0.717, 1.165) is 0 Å². The quantitative estimate of drug-likeness (QED) is 0.763.